The number of rotatable bonds is 4. The van der Waals surface area contributed by atoms with E-state index in [2.05, 4.69) is 4.98 Å². The van der Waals surface area contributed by atoms with Crippen LogP contribution in [-0.2, 0) is 4.79 Å². The lowest BCUT2D eigenvalue weighted by atomic mass is 10.1. The maximum Gasteiger partial charge on any atom is 0.299 e. The van der Waals surface area contributed by atoms with Gasteiger partial charge in [0.2, 0.25) is 11.0 Å². The lowest BCUT2D eigenvalue weighted by molar-refractivity contribution is -0.120. The summed E-state index contributed by atoms with van der Waals surface area (Å²) in [5.41, 5.74) is 2.74. The van der Waals surface area contributed by atoms with Crippen LogP contribution >= 0.6 is 22.9 Å². The number of para-hydroxylation sites is 1. The minimum atomic E-state index is 0.262. The topological polar surface area (TPSA) is 57.0 Å². The number of halogens is 1. The largest absolute Gasteiger partial charge is 0.409 e. The molecule has 2 heterocycles. The summed E-state index contributed by atoms with van der Waals surface area (Å²) in [6.45, 7) is 0.360. The second kappa shape index (κ2) is 6.07. The van der Waals surface area contributed by atoms with E-state index < -0.39 is 0 Å². The predicted octanol–water partition coefficient (Wildman–Crippen LogP) is 4.34. The molecule has 0 atom stereocenters. The number of carbonyl (C=O) groups is 1. The van der Waals surface area contributed by atoms with Crippen LogP contribution < -0.4 is 4.74 Å². The molecule has 0 fully saturated rings. The average Bonchev–Trinajstić information content (AvgIpc) is 3.21. The standard InChI is InChI=1S/C17H10ClN3O2S/c18-12-7-5-11(6-8-12)16-13-3-1-2-4-14(13)21(20-16)17-19-15(9-24-17)23-10-22/h1-10H. The number of hydrogen-bond donors (Lipinski definition) is 0. The van der Waals surface area contributed by atoms with Crippen LogP contribution in [0.4, 0.5) is 0 Å². The Kier molecular flexibility index (Phi) is 3.76. The Hall–Kier alpha value is -2.70. The monoisotopic (exact) mass is 355 g/mol. The zero-order valence-corrected chi connectivity index (χ0v) is 13.8. The fraction of sp³-hybridized carbons (Fsp3) is 0. The lowest BCUT2D eigenvalue weighted by Crippen LogP contribution is -1.96. The van der Waals surface area contributed by atoms with Gasteiger partial charge in [0.05, 0.1) is 10.9 Å². The molecule has 4 rings (SSSR count). The van der Waals surface area contributed by atoms with E-state index >= 15 is 0 Å². The van der Waals surface area contributed by atoms with E-state index in [4.69, 9.17) is 21.4 Å². The highest BCUT2D eigenvalue weighted by molar-refractivity contribution is 7.12. The molecule has 7 heteroatoms. The first kappa shape index (κ1) is 14.9. The molecule has 2 aromatic heterocycles. The van der Waals surface area contributed by atoms with Gasteiger partial charge in [0.1, 0.15) is 5.69 Å². The Bertz CT molecular complexity index is 1020. The highest BCUT2D eigenvalue weighted by atomic mass is 35.5. The first-order chi connectivity index (χ1) is 11.8. The molecule has 4 aromatic rings. The van der Waals surface area contributed by atoms with Crippen LogP contribution in [0.3, 0.4) is 0 Å². The third kappa shape index (κ3) is 2.55. The van der Waals surface area contributed by atoms with Gasteiger partial charge in [-0.05, 0) is 18.2 Å². The van der Waals surface area contributed by atoms with Gasteiger partial charge in [-0.15, -0.1) is 0 Å². The van der Waals surface area contributed by atoms with E-state index in [1.54, 1.807) is 10.1 Å². The van der Waals surface area contributed by atoms with Crippen molar-refractivity contribution in [1.29, 1.82) is 0 Å². The third-order valence-electron chi connectivity index (χ3n) is 3.53. The summed E-state index contributed by atoms with van der Waals surface area (Å²) in [7, 11) is 0. The number of nitrogens with zero attached hydrogens (tertiary/aromatic N) is 3. The van der Waals surface area contributed by atoms with Crippen LogP contribution in [0.5, 0.6) is 5.88 Å². The van der Waals surface area contributed by atoms with Crippen molar-refractivity contribution in [3.63, 3.8) is 0 Å². The average molecular weight is 356 g/mol. The first-order valence-corrected chi connectivity index (χ1v) is 8.32. The van der Waals surface area contributed by atoms with Gasteiger partial charge in [0.25, 0.3) is 6.47 Å². The molecule has 0 aliphatic rings. The van der Waals surface area contributed by atoms with Gasteiger partial charge >= 0.3 is 0 Å². The van der Waals surface area contributed by atoms with Crippen LogP contribution in [0.1, 0.15) is 0 Å². The summed E-state index contributed by atoms with van der Waals surface area (Å²) < 4.78 is 6.54. The fourth-order valence-corrected chi connectivity index (χ4v) is 3.31. The van der Waals surface area contributed by atoms with Crippen LogP contribution in [0.25, 0.3) is 27.3 Å². The summed E-state index contributed by atoms with van der Waals surface area (Å²) >= 11 is 7.33. The summed E-state index contributed by atoms with van der Waals surface area (Å²) in [6.07, 6.45) is 0. The normalized spacial score (nSPS) is 10.9. The second-order valence-corrected chi connectivity index (χ2v) is 6.24. The molecular formula is C17H10ClN3O2S. The highest BCUT2D eigenvalue weighted by Gasteiger charge is 2.15. The van der Waals surface area contributed by atoms with Crippen LogP contribution in [0.2, 0.25) is 5.02 Å². The van der Waals surface area contributed by atoms with Crippen LogP contribution in [0, 0.1) is 0 Å². The summed E-state index contributed by atoms with van der Waals surface area (Å²) in [4.78, 5) is 14.7. The summed E-state index contributed by atoms with van der Waals surface area (Å²) in [6, 6.07) is 15.4. The van der Waals surface area contributed by atoms with Gasteiger partial charge in [-0.2, -0.15) is 10.1 Å². The van der Waals surface area contributed by atoms with Gasteiger partial charge in [0, 0.05) is 16.0 Å². The van der Waals surface area contributed by atoms with Crippen molar-refractivity contribution in [1.82, 2.24) is 14.8 Å². The first-order valence-electron chi connectivity index (χ1n) is 7.06. The number of thiazole rings is 1. The van der Waals surface area contributed by atoms with Crippen molar-refractivity contribution in [2.24, 2.45) is 0 Å². The number of carbonyl (C=O) groups excluding carboxylic acids is 1. The van der Waals surface area contributed by atoms with Gasteiger partial charge in [0.15, 0.2) is 0 Å². The molecule has 0 radical (unpaired) electrons. The molecular weight excluding hydrogens is 346 g/mol. The van der Waals surface area contributed by atoms with Crippen molar-refractivity contribution in [3.8, 4) is 22.3 Å². The molecule has 0 aliphatic heterocycles. The molecule has 0 spiro atoms. The molecule has 0 saturated carbocycles. The SMILES string of the molecule is O=COc1csc(-n2nc(-c3ccc(Cl)cc3)c3ccccc32)n1. The van der Waals surface area contributed by atoms with Gasteiger partial charge < -0.3 is 4.74 Å². The second-order valence-electron chi connectivity index (χ2n) is 4.97. The number of ether oxygens (including phenoxy) is 1. The Labute approximate surface area is 146 Å². The lowest BCUT2D eigenvalue weighted by Gasteiger charge is -1.97. The van der Waals surface area contributed by atoms with E-state index in [0.29, 0.717) is 16.6 Å². The van der Waals surface area contributed by atoms with E-state index in [9.17, 15) is 4.79 Å². The van der Waals surface area contributed by atoms with Crippen LogP contribution in [0.15, 0.2) is 53.9 Å². The van der Waals surface area contributed by atoms with Gasteiger partial charge in [-0.25, -0.2) is 4.68 Å². The Morgan fingerprint density at radius 2 is 1.92 bits per heavy atom. The number of fused-ring (bicyclic) bond motifs is 1. The number of aromatic nitrogens is 3. The van der Waals surface area contributed by atoms with Crippen molar-refractivity contribution in [3.05, 3.63) is 58.9 Å². The third-order valence-corrected chi connectivity index (χ3v) is 4.57. The van der Waals surface area contributed by atoms with Gasteiger partial charge in [-0.3, -0.25) is 4.79 Å². The van der Waals surface area contributed by atoms with Crippen molar-refractivity contribution < 1.29 is 9.53 Å². The van der Waals surface area contributed by atoms with Crippen LogP contribution in [-0.4, -0.2) is 21.2 Å². The zero-order valence-electron chi connectivity index (χ0n) is 12.2. The number of benzene rings is 2. The maximum atomic E-state index is 10.5. The van der Waals surface area contributed by atoms with Crippen molar-refractivity contribution >= 4 is 40.3 Å². The van der Waals surface area contributed by atoms with E-state index in [1.807, 2.05) is 48.5 Å². The molecule has 24 heavy (non-hydrogen) atoms. The minimum absolute atomic E-state index is 0.262. The molecule has 118 valence electrons. The molecule has 0 saturated heterocycles. The number of hydrogen-bond acceptors (Lipinski definition) is 5. The maximum absolute atomic E-state index is 10.5. The van der Waals surface area contributed by atoms with Crippen molar-refractivity contribution in [2.45, 2.75) is 0 Å². The summed E-state index contributed by atoms with van der Waals surface area (Å²) in [5, 5.41) is 8.69. The predicted molar refractivity (Wildman–Crippen MR) is 93.9 cm³/mol. The molecule has 0 unspecified atom stereocenters. The molecule has 0 aliphatic carbocycles. The highest BCUT2D eigenvalue weighted by Crippen LogP contribution is 2.31. The Morgan fingerprint density at radius 3 is 2.71 bits per heavy atom. The van der Waals surface area contributed by atoms with E-state index in [1.165, 1.54) is 11.3 Å². The molecule has 2 aromatic carbocycles. The molecule has 0 amide bonds. The molecule has 0 bridgehead atoms. The van der Waals surface area contributed by atoms with Crippen molar-refractivity contribution in [2.75, 3.05) is 0 Å². The van der Waals surface area contributed by atoms with Gasteiger partial charge in [-0.1, -0.05) is 53.3 Å². The van der Waals surface area contributed by atoms with E-state index in [0.717, 1.165) is 22.2 Å². The summed E-state index contributed by atoms with van der Waals surface area (Å²) in [5.74, 6) is 0.262. The molecule has 0 N–H and O–H groups in total. The zero-order chi connectivity index (χ0) is 16.5. The molecule has 5 nitrogen and oxygen atoms in total. The Morgan fingerprint density at radius 1 is 1.12 bits per heavy atom. The fourth-order valence-electron chi connectivity index (χ4n) is 2.48. The minimum Gasteiger partial charge on any atom is -0.409 e. The Balaban J connectivity index is 1.90. The van der Waals surface area contributed by atoms with E-state index in [-0.39, 0.29) is 5.88 Å². The quantitative estimate of drug-likeness (QED) is 0.511. The smallest absolute Gasteiger partial charge is 0.299 e.